The van der Waals surface area contributed by atoms with E-state index in [1.54, 1.807) is 111 Å². The number of amides is 7. The van der Waals surface area contributed by atoms with Gasteiger partial charge in [-0.1, -0.05) is 111 Å². The number of hydrogen-bond acceptors (Lipinski definition) is 9. The van der Waals surface area contributed by atoms with E-state index in [1.165, 1.54) is 0 Å². The lowest BCUT2D eigenvalue weighted by molar-refractivity contribution is -0.137. The highest BCUT2D eigenvalue weighted by atomic mass is 16.2. The van der Waals surface area contributed by atoms with Crippen molar-refractivity contribution < 1.29 is 38.4 Å². The minimum Gasteiger partial charge on any atom is -0.345 e. The Hall–Kier alpha value is -4.08. The maximum atomic E-state index is 13.8. The summed E-state index contributed by atoms with van der Waals surface area (Å²) in [4.78, 5) is 106. The molecule has 8 atom stereocenters. The highest BCUT2D eigenvalue weighted by molar-refractivity contribution is 5.97. The standard InChI is InChI=1S/C40H74N8O8/c1-18(2)26(17-49)42-35(51)28(20(5)6)44-37(53)30(22(9)10)46-39(55)32(24(13)14)48-40(56)33(25(15)16)47-38(54)31(23(11)12)45-36(52)29(21(7)8)43-34(50)27(41)19(3)4/h17-33H,41H2,1-16H3,(H,42,51)(H,43,50)(H,44,53)(H,45,52)(H,46,55)(H,47,54)(H,48,56)/t26-,27+,28+,29+,30+,31+,32+,33+/m1/s1. The van der Waals surface area contributed by atoms with Crippen molar-refractivity contribution in [2.45, 2.75) is 159 Å². The Balaban J connectivity index is 6.11. The molecular formula is C40H74N8O8. The highest BCUT2D eigenvalue weighted by Gasteiger charge is 2.37. The monoisotopic (exact) mass is 795 g/mol. The fourth-order valence-electron chi connectivity index (χ4n) is 5.59. The van der Waals surface area contributed by atoms with Crippen molar-refractivity contribution in [3.05, 3.63) is 0 Å². The van der Waals surface area contributed by atoms with E-state index in [2.05, 4.69) is 37.2 Å². The van der Waals surface area contributed by atoms with Gasteiger partial charge >= 0.3 is 0 Å². The molecule has 0 saturated heterocycles. The lowest BCUT2D eigenvalue weighted by Crippen LogP contribution is -2.63. The summed E-state index contributed by atoms with van der Waals surface area (Å²) in [5.74, 6) is -6.84. The second kappa shape index (κ2) is 23.9. The Bertz CT molecular complexity index is 1350. The van der Waals surface area contributed by atoms with E-state index in [4.69, 9.17) is 5.73 Å². The molecule has 0 aromatic heterocycles. The van der Waals surface area contributed by atoms with Gasteiger partial charge in [-0.15, -0.1) is 0 Å². The third-order valence-electron chi connectivity index (χ3n) is 9.68. The fraction of sp³-hybridized carbons (Fsp3) is 0.800. The molecule has 322 valence electrons. The number of nitrogens with one attached hydrogen (secondary N) is 7. The zero-order chi connectivity index (χ0) is 43.9. The molecule has 0 aliphatic carbocycles. The van der Waals surface area contributed by atoms with E-state index < -0.39 is 113 Å². The zero-order valence-corrected chi connectivity index (χ0v) is 36.7. The van der Waals surface area contributed by atoms with E-state index in [1.807, 2.05) is 0 Å². The molecule has 0 radical (unpaired) electrons. The zero-order valence-electron chi connectivity index (χ0n) is 36.7. The van der Waals surface area contributed by atoms with Crippen LogP contribution in [0.2, 0.25) is 0 Å². The summed E-state index contributed by atoms with van der Waals surface area (Å²) >= 11 is 0. The molecule has 9 N–H and O–H groups in total. The van der Waals surface area contributed by atoms with Crippen molar-refractivity contribution in [1.29, 1.82) is 0 Å². The smallest absolute Gasteiger partial charge is 0.243 e. The van der Waals surface area contributed by atoms with Crippen LogP contribution in [0, 0.1) is 47.3 Å². The van der Waals surface area contributed by atoms with Gasteiger partial charge in [-0.2, -0.15) is 0 Å². The van der Waals surface area contributed by atoms with Crippen LogP contribution < -0.4 is 43.0 Å². The molecule has 16 heteroatoms. The first kappa shape index (κ1) is 51.9. The normalized spacial score (nSPS) is 16.2. The van der Waals surface area contributed by atoms with Crippen LogP contribution in [0.5, 0.6) is 0 Å². The molecule has 0 aliphatic rings. The summed E-state index contributed by atoms with van der Waals surface area (Å²) in [6.45, 7) is 28.0. The molecule has 56 heavy (non-hydrogen) atoms. The summed E-state index contributed by atoms with van der Waals surface area (Å²) in [5.41, 5.74) is 5.99. The molecule has 0 fully saturated rings. The molecular weight excluding hydrogens is 720 g/mol. The van der Waals surface area contributed by atoms with Crippen LogP contribution in [0.3, 0.4) is 0 Å². The van der Waals surface area contributed by atoms with E-state index in [-0.39, 0.29) is 23.7 Å². The Morgan fingerprint density at radius 2 is 0.518 bits per heavy atom. The maximum Gasteiger partial charge on any atom is 0.243 e. The predicted molar refractivity (Wildman–Crippen MR) is 216 cm³/mol. The van der Waals surface area contributed by atoms with Crippen molar-refractivity contribution in [2.24, 2.45) is 53.1 Å². The number of carbonyl (C=O) groups excluding carboxylic acids is 8. The second-order valence-corrected chi connectivity index (χ2v) is 17.6. The van der Waals surface area contributed by atoms with E-state index >= 15 is 0 Å². The number of aldehydes is 1. The lowest BCUT2D eigenvalue weighted by atomic mass is 9.96. The number of nitrogens with two attached hydrogens (primary N) is 1. The van der Waals surface area contributed by atoms with Crippen LogP contribution in [-0.4, -0.2) is 96.0 Å². The van der Waals surface area contributed by atoms with Crippen LogP contribution >= 0.6 is 0 Å². The molecule has 0 heterocycles. The first-order valence-electron chi connectivity index (χ1n) is 20.0. The van der Waals surface area contributed by atoms with Gasteiger partial charge in [-0.25, -0.2) is 0 Å². The average molecular weight is 795 g/mol. The van der Waals surface area contributed by atoms with E-state index in [0.717, 1.165) is 0 Å². The van der Waals surface area contributed by atoms with Gasteiger partial charge in [0.25, 0.3) is 0 Å². The third kappa shape index (κ3) is 16.2. The van der Waals surface area contributed by atoms with Gasteiger partial charge in [-0.3, -0.25) is 33.6 Å². The fourth-order valence-corrected chi connectivity index (χ4v) is 5.59. The first-order valence-corrected chi connectivity index (χ1v) is 20.0. The lowest BCUT2D eigenvalue weighted by Gasteiger charge is -2.32. The number of carbonyl (C=O) groups is 8. The van der Waals surface area contributed by atoms with Crippen LogP contribution in [-0.2, 0) is 38.4 Å². The van der Waals surface area contributed by atoms with Gasteiger partial charge in [0.15, 0.2) is 0 Å². The Morgan fingerprint density at radius 3 is 0.679 bits per heavy atom. The van der Waals surface area contributed by atoms with Crippen LogP contribution in [0.15, 0.2) is 0 Å². The molecule has 0 unspecified atom stereocenters. The quantitative estimate of drug-likeness (QED) is 0.0691. The summed E-state index contributed by atoms with van der Waals surface area (Å²) in [5, 5.41) is 19.1. The van der Waals surface area contributed by atoms with Crippen LogP contribution in [0.25, 0.3) is 0 Å². The molecule has 7 amide bonds. The summed E-state index contributed by atoms with van der Waals surface area (Å²) in [7, 11) is 0. The number of hydrogen-bond donors (Lipinski definition) is 8. The SMILES string of the molecule is CC(C)[C@H](N)C(=O)N[C@H](C(=O)N[C@H](C(=O)N[C@H](C(=O)N[C@H](C(=O)N[C@H](C(=O)N[C@H](C(=O)N[C@H](C=O)C(C)C)C(C)C)C(C)C)C(C)C)C(C)C)C(C)C)C(C)C. The molecule has 0 rings (SSSR count). The Morgan fingerprint density at radius 1 is 0.321 bits per heavy atom. The van der Waals surface area contributed by atoms with E-state index in [9.17, 15) is 38.4 Å². The van der Waals surface area contributed by atoms with Crippen molar-refractivity contribution in [2.75, 3.05) is 0 Å². The maximum absolute atomic E-state index is 13.8. The van der Waals surface area contributed by atoms with Gasteiger partial charge in [0, 0.05) is 0 Å². The second-order valence-electron chi connectivity index (χ2n) is 17.6. The van der Waals surface area contributed by atoms with Gasteiger partial charge in [0.05, 0.1) is 12.1 Å². The van der Waals surface area contributed by atoms with E-state index in [0.29, 0.717) is 6.29 Å². The van der Waals surface area contributed by atoms with Crippen molar-refractivity contribution in [3.63, 3.8) is 0 Å². The molecule has 16 nitrogen and oxygen atoms in total. The largest absolute Gasteiger partial charge is 0.345 e. The van der Waals surface area contributed by atoms with Gasteiger partial charge < -0.3 is 47.7 Å². The summed E-state index contributed by atoms with van der Waals surface area (Å²) in [6.07, 6.45) is 0.645. The topological polar surface area (TPSA) is 247 Å². The predicted octanol–water partition coefficient (Wildman–Crippen LogP) is 1.15. The molecule has 0 aliphatic heterocycles. The van der Waals surface area contributed by atoms with Crippen molar-refractivity contribution >= 4 is 47.6 Å². The molecule has 0 bridgehead atoms. The minimum absolute atomic E-state index is 0.160. The van der Waals surface area contributed by atoms with Crippen LogP contribution in [0.4, 0.5) is 0 Å². The minimum atomic E-state index is -1.12. The molecule has 0 aromatic rings. The number of rotatable bonds is 23. The van der Waals surface area contributed by atoms with Crippen molar-refractivity contribution in [3.8, 4) is 0 Å². The first-order chi connectivity index (χ1) is 25.7. The summed E-state index contributed by atoms with van der Waals surface area (Å²) in [6, 6.07) is -7.92. The van der Waals surface area contributed by atoms with Gasteiger partial charge in [0.1, 0.15) is 42.5 Å². The third-order valence-corrected chi connectivity index (χ3v) is 9.68. The molecule has 0 aromatic carbocycles. The Kier molecular flexibility index (Phi) is 22.1. The van der Waals surface area contributed by atoms with Crippen LogP contribution in [0.1, 0.15) is 111 Å². The highest BCUT2D eigenvalue weighted by Crippen LogP contribution is 2.13. The molecule has 0 spiro atoms. The van der Waals surface area contributed by atoms with Crippen molar-refractivity contribution in [1.82, 2.24) is 37.2 Å². The molecule has 0 saturated carbocycles. The van der Waals surface area contributed by atoms with Gasteiger partial charge in [-0.05, 0) is 47.3 Å². The summed E-state index contributed by atoms with van der Waals surface area (Å²) < 4.78 is 0. The average Bonchev–Trinajstić information content (AvgIpc) is 3.08. The van der Waals surface area contributed by atoms with Gasteiger partial charge in [0.2, 0.25) is 41.4 Å². The Labute approximate surface area is 334 Å².